The molecule has 2 aromatic rings. The summed E-state index contributed by atoms with van der Waals surface area (Å²) in [6, 6.07) is 10.3. The fourth-order valence-corrected chi connectivity index (χ4v) is 2.74. The van der Waals surface area contributed by atoms with Gasteiger partial charge >= 0.3 is 0 Å². The maximum Gasteiger partial charge on any atom is 0.163 e. The van der Waals surface area contributed by atoms with Crippen molar-refractivity contribution in [2.45, 2.75) is 13.1 Å². The van der Waals surface area contributed by atoms with Crippen molar-refractivity contribution in [1.82, 2.24) is 14.8 Å². The van der Waals surface area contributed by atoms with Crippen LogP contribution in [0.25, 0.3) is 0 Å². The molecular formula is C17H19F2N3. The zero-order chi connectivity index (χ0) is 15.4. The van der Waals surface area contributed by atoms with E-state index in [1.165, 1.54) is 0 Å². The van der Waals surface area contributed by atoms with E-state index < -0.39 is 11.6 Å². The molecule has 5 heteroatoms. The molecule has 2 heterocycles. The highest BCUT2D eigenvalue weighted by molar-refractivity contribution is 5.18. The van der Waals surface area contributed by atoms with Crippen LogP contribution >= 0.6 is 0 Å². The van der Waals surface area contributed by atoms with Crippen molar-refractivity contribution in [1.29, 1.82) is 0 Å². The van der Waals surface area contributed by atoms with Crippen LogP contribution in [0.2, 0.25) is 0 Å². The number of aromatic nitrogens is 1. The molecule has 22 heavy (non-hydrogen) atoms. The highest BCUT2D eigenvalue weighted by Crippen LogP contribution is 2.15. The third-order valence-corrected chi connectivity index (χ3v) is 4.00. The van der Waals surface area contributed by atoms with Crippen LogP contribution in [0, 0.1) is 11.6 Å². The van der Waals surface area contributed by atoms with E-state index in [9.17, 15) is 8.78 Å². The summed E-state index contributed by atoms with van der Waals surface area (Å²) in [4.78, 5) is 8.83. The van der Waals surface area contributed by atoms with E-state index in [1.54, 1.807) is 18.3 Å². The number of rotatable bonds is 4. The lowest BCUT2D eigenvalue weighted by atomic mass is 10.1. The maximum atomic E-state index is 13.7. The number of halogens is 2. The summed E-state index contributed by atoms with van der Waals surface area (Å²) in [6.07, 6.45) is 1.80. The number of hydrogen-bond acceptors (Lipinski definition) is 3. The van der Waals surface area contributed by atoms with Gasteiger partial charge in [-0.05, 0) is 18.2 Å². The lowest BCUT2D eigenvalue weighted by Crippen LogP contribution is -2.45. The van der Waals surface area contributed by atoms with Gasteiger partial charge in [0.1, 0.15) is 0 Å². The van der Waals surface area contributed by atoms with Gasteiger partial charge in [0, 0.05) is 51.0 Å². The minimum atomic E-state index is -0.772. The normalized spacial score (nSPS) is 16.8. The molecule has 0 bridgehead atoms. The van der Waals surface area contributed by atoms with Gasteiger partial charge in [-0.15, -0.1) is 0 Å². The second-order valence-corrected chi connectivity index (χ2v) is 5.59. The van der Waals surface area contributed by atoms with E-state index in [0.717, 1.165) is 44.5 Å². The monoisotopic (exact) mass is 303 g/mol. The largest absolute Gasteiger partial charge is 0.296 e. The van der Waals surface area contributed by atoms with Gasteiger partial charge in [-0.2, -0.15) is 0 Å². The first-order valence-electron chi connectivity index (χ1n) is 7.50. The van der Waals surface area contributed by atoms with Crippen LogP contribution in [-0.4, -0.2) is 41.0 Å². The predicted molar refractivity (Wildman–Crippen MR) is 81.1 cm³/mol. The standard InChI is InChI=1S/C17H19F2N3/c18-16-6-3-4-14(17(16)19)12-21-8-10-22(11-9-21)13-15-5-1-2-7-20-15/h1-7H,8-13H2. The molecule has 0 N–H and O–H groups in total. The van der Waals surface area contributed by atoms with Crippen molar-refractivity contribution in [2.75, 3.05) is 26.2 Å². The first-order valence-corrected chi connectivity index (χ1v) is 7.50. The molecule has 3 nitrogen and oxygen atoms in total. The number of piperazine rings is 1. The Kier molecular flexibility index (Phi) is 4.75. The maximum absolute atomic E-state index is 13.7. The van der Waals surface area contributed by atoms with E-state index >= 15 is 0 Å². The van der Waals surface area contributed by atoms with E-state index in [1.807, 2.05) is 18.2 Å². The molecule has 116 valence electrons. The second kappa shape index (κ2) is 6.94. The van der Waals surface area contributed by atoms with Gasteiger partial charge in [-0.1, -0.05) is 18.2 Å². The fourth-order valence-electron chi connectivity index (χ4n) is 2.74. The Balaban J connectivity index is 1.52. The summed E-state index contributed by atoms with van der Waals surface area (Å²) in [6.45, 7) is 4.82. The van der Waals surface area contributed by atoms with Crippen molar-refractivity contribution in [3.63, 3.8) is 0 Å². The number of nitrogens with zero attached hydrogens (tertiary/aromatic N) is 3. The molecule has 1 fully saturated rings. The first kappa shape index (κ1) is 15.1. The van der Waals surface area contributed by atoms with Gasteiger partial charge in [0.2, 0.25) is 0 Å². The van der Waals surface area contributed by atoms with Crippen LogP contribution in [0.4, 0.5) is 8.78 Å². The summed E-state index contributed by atoms with van der Waals surface area (Å²) in [7, 11) is 0. The Morgan fingerprint density at radius 1 is 0.864 bits per heavy atom. The Hall–Kier alpha value is -1.85. The molecule has 0 atom stereocenters. The quantitative estimate of drug-likeness (QED) is 0.866. The van der Waals surface area contributed by atoms with E-state index in [-0.39, 0.29) is 0 Å². The molecule has 1 aromatic heterocycles. The van der Waals surface area contributed by atoms with Crippen molar-refractivity contribution >= 4 is 0 Å². The smallest absolute Gasteiger partial charge is 0.163 e. The van der Waals surface area contributed by atoms with Crippen molar-refractivity contribution in [3.05, 3.63) is 65.5 Å². The summed E-state index contributed by atoms with van der Waals surface area (Å²) in [5.41, 5.74) is 1.49. The molecule has 3 rings (SSSR count). The summed E-state index contributed by atoms with van der Waals surface area (Å²) in [5.74, 6) is -1.50. The Morgan fingerprint density at radius 2 is 1.59 bits per heavy atom. The zero-order valence-corrected chi connectivity index (χ0v) is 12.4. The third-order valence-electron chi connectivity index (χ3n) is 4.00. The SMILES string of the molecule is Fc1cccc(CN2CCN(Cc3ccccn3)CC2)c1F. The predicted octanol–water partition coefficient (Wildman–Crippen LogP) is 2.68. The van der Waals surface area contributed by atoms with Crippen molar-refractivity contribution in [2.24, 2.45) is 0 Å². The minimum Gasteiger partial charge on any atom is -0.296 e. The second-order valence-electron chi connectivity index (χ2n) is 5.59. The van der Waals surface area contributed by atoms with Gasteiger partial charge < -0.3 is 0 Å². The fraction of sp³-hybridized carbons (Fsp3) is 0.353. The number of hydrogen-bond donors (Lipinski definition) is 0. The average molecular weight is 303 g/mol. The van der Waals surface area contributed by atoms with E-state index in [4.69, 9.17) is 0 Å². The molecule has 0 amide bonds. The van der Waals surface area contributed by atoms with Crippen LogP contribution in [0.1, 0.15) is 11.3 Å². The third kappa shape index (κ3) is 3.67. The van der Waals surface area contributed by atoms with Crippen LogP contribution in [0.15, 0.2) is 42.6 Å². The number of pyridine rings is 1. The molecule has 0 aliphatic carbocycles. The molecule has 1 aliphatic rings. The molecule has 1 saturated heterocycles. The van der Waals surface area contributed by atoms with Crippen LogP contribution in [-0.2, 0) is 13.1 Å². The summed E-state index contributed by atoms with van der Waals surface area (Å²) in [5, 5.41) is 0. The van der Waals surface area contributed by atoms with Gasteiger partial charge in [-0.25, -0.2) is 8.78 Å². The molecule has 0 saturated carbocycles. The Morgan fingerprint density at radius 3 is 2.27 bits per heavy atom. The summed E-state index contributed by atoms with van der Waals surface area (Å²) >= 11 is 0. The van der Waals surface area contributed by atoms with Crippen LogP contribution in [0.3, 0.4) is 0 Å². The van der Waals surface area contributed by atoms with Gasteiger partial charge in [-0.3, -0.25) is 14.8 Å². The molecule has 0 spiro atoms. The molecule has 1 aliphatic heterocycles. The molecular weight excluding hydrogens is 284 g/mol. The zero-order valence-electron chi connectivity index (χ0n) is 12.4. The van der Waals surface area contributed by atoms with E-state index in [2.05, 4.69) is 14.8 Å². The van der Waals surface area contributed by atoms with Crippen LogP contribution < -0.4 is 0 Å². The minimum absolute atomic E-state index is 0.429. The Labute approximate surface area is 129 Å². The summed E-state index contributed by atoms with van der Waals surface area (Å²) < 4.78 is 26.9. The highest BCUT2D eigenvalue weighted by atomic mass is 19.2. The molecule has 0 radical (unpaired) electrons. The highest BCUT2D eigenvalue weighted by Gasteiger charge is 2.19. The van der Waals surface area contributed by atoms with Crippen LogP contribution in [0.5, 0.6) is 0 Å². The van der Waals surface area contributed by atoms with Crippen molar-refractivity contribution in [3.8, 4) is 0 Å². The lowest BCUT2D eigenvalue weighted by Gasteiger charge is -2.34. The molecule has 1 aromatic carbocycles. The molecule has 0 unspecified atom stereocenters. The topological polar surface area (TPSA) is 19.4 Å². The van der Waals surface area contributed by atoms with E-state index in [0.29, 0.717) is 12.1 Å². The van der Waals surface area contributed by atoms with Gasteiger partial charge in [0.25, 0.3) is 0 Å². The van der Waals surface area contributed by atoms with Gasteiger partial charge in [0.15, 0.2) is 11.6 Å². The van der Waals surface area contributed by atoms with Gasteiger partial charge in [0.05, 0.1) is 5.69 Å². The lowest BCUT2D eigenvalue weighted by molar-refractivity contribution is 0.120. The Bertz CT molecular complexity index is 611. The number of benzene rings is 1. The first-order chi connectivity index (χ1) is 10.7. The van der Waals surface area contributed by atoms with Crippen molar-refractivity contribution < 1.29 is 8.78 Å². The average Bonchev–Trinajstić information content (AvgIpc) is 2.55.